The number of benzene rings is 1. The Morgan fingerprint density at radius 2 is 2.22 bits per heavy atom. The largest absolute Gasteiger partial charge is 0.491 e. The normalized spacial score (nSPS) is 14.6. The molecule has 0 saturated carbocycles. The van der Waals surface area contributed by atoms with E-state index in [0.717, 1.165) is 24.1 Å². The van der Waals surface area contributed by atoms with E-state index in [1.54, 1.807) is 16.6 Å². The molecule has 1 amide bonds. The van der Waals surface area contributed by atoms with E-state index in [2.05, 4.69) is 4.98 Å². The predicted octanol–water partition coefficient (Wildman–Crippen LogP) is 3.97. The van der Waals surface area contributed by atoms with Gasteiger partial charge in [0.15, 0.2) is 11.6 Å². The highest BCUT2D eigenvalue weighted by Crippen LogP contribution is 2.23. The third kappa shape index (κ3) is 5.41. The Bertz CT molecular complexity index is 799. The SMILES string of the molecule is N#Cc1ccc(OCCC2CCN(C(=O)OCc3cncs3)CC2)c(F)c1. The number of amides is 1. The molecule has 6 nitrogen and oxygen atoms in total. The van der Waals surface area contributed by atoms with Gasteiger partial charge in [-0.3, -0.25) is 4.98 Å². The number of thiazole rings is 1. The standard InChI is InChI=1S/C19H20FN3O3S/c20-17-9-15(10-21)1-2-18(17)25-8-5-14-3-6-23(7-4-14)19(24)26-12-16-11-22-13-27-16/h1-2,9,11,13-14H,3-8,12H2. The highest BCUT2D eigenvalue weighted by molar-refractivity contribution is 7.09. The summed E-state index contributed by atoms with van der Waals surface area (Å²) in [4.78, 5) is 18.7. The van der Waals surface area contributed by atoms with Crippen LogP contribution in [0.1, 0.15) is 29.7 Å². The number of carbonyl (C=O) groups is 1. The summed E-state index contributed by atoms with van der Waals surface area (Å²) in [5.74, 6) is 0.0719. The molecule has 0 atom stereocenters. The van der Waals surface area contributed by atoms with Crippen molar-refractivity contribution in [2.24, 2.45) is 5.92 Å². The summed E-state index contributed by atoms with van der Waals surface area (Å²) in [6, 6.07) is 6.08. The van der Waals surface area contributed by atoms with Crippen LogP contribution in [-0.2, 0) is 11.3 Å². The molecule has 1 aliphatic rings. The van der Waals surface area contributed by atoms with Crippen LogP contribution in [0.15, 0.2) is 29.9 Å². The van der Waals surface area contributed by atoms with Crippen LogP contribution < -0.4 is 4.74 Å². The molecule has 0 N–H and O–H groups in total. The monoisotopic (exact) mass is 389 g/mol. The van der Waals surface area contributed by atoms with Gasteiger partial charge >= 0.3 is 6.09 Å². The smallest absolute Gasteiger partial charge is 0.410 e. The van der Waals surface area contributed by atoms with Gasteiger partial charge in [0.25, 0.3) is 0 Å². The molecule has 1 aliphatic heterocycles. The number of halogens is 1. The van der Waals surface area contributed by atoms with Gasteiger partial charge in [-0.15, -0.1) is 11.3 Å². The average molecular weight is 389 g/mol. The van der Waals surface area contributed by atoms with E-state index >= 15 is 0 Å². The van der Waals surface area contributed by atoms with E-state index in [0.29, 0.717) is 25.6 Å². The fraction of sp³-hybridized carbons (Fsp3) is 0.421. The van der Waals surface area contributed by atoms with Gasteiger partial charge in [-0.05, 0) is 43.4 Å². The summed E-state index contributed by atoms with van der Waals surface area (Å²) in [6.07, 6.45) is 3.94. The zero-order valence-electron chi connectivity index (χ0n) is 14.8. The van der Waals surface area contributed by atoms with Crippen LogP contribution in [0.3, 0.4) is 0 Å². The lowest BCUT2D eigenvalue weighted by molar-refractivity contribution is 0.0806. The number of rotatable bonds is 6. The number of piperidine rings is 1. The number of likely N-dealkylation sites (tertiary alicyclic amines) is 1. The van der Waals surface area contributed by atoms with Gasteiger partial charge in [-0.1, -0.05) is 0 Å². The number of nitrogens with zero attached hydrogens (tertiary/aromatic N) is 3. The van der Waals surface area contributed by atoms with Crippen molar-refractivity contribution in [3.8, 4) is 11.8 Å². The maximum absolute atomic E-state index is 13.8. The molecule has 0 radical (unpaired) electrons. The fourth-order valence-corrected chi connectivity index (χ4v) is 3.47. The second kappa shape index (κ2) is 9.33. The molecule has 142 valence electrons. The van der Waals surface area contributed by atoms with Crippen molar-refractivity contribution < 1.29 is 18.7 Å². The third-order valence-corrected chi connectivity index (χ3v) is 5.29. The van der Waals surface area contributed by atoms with E-state index < -0.39 is 5.82 Å². The Morgan fingerprint density at radius 3 is 2.89 bits per heavy atom. The number of nitriles is 1. The number of ether oxygens (including phenoxy) is 2. The molecule has 1 aromatic heterocycles. The van der Waals surface area contributed by atoms with Gasteiger partial charge in [0.1, 0.15) is 6.61 Å². The molecule has 1 fully saturated rings. The van der Waals surface area contributed by atoms with Gasteiger partial charge in [-0.25, -0.2) is 9.18 Å². The molecule has 8 heteroatoms. The van der Waals surface area contributed by atoms with Crippen molar-refractivity contribution >= 4 is 17.4 Å². The van der Waals surface area contributed by atoms with Crippen LogP contribution in [0.25, 0.3) is 0 Å². The summed E-state index contributed by atoms with van der Waals surface area (Å²) < 4.78 is 24.6. The summed E-state index contributed by atoms with van der Waals surface area (Å²) in [6.45, 7) is 1.96. The summed E-state index contributed by atoms with van der Waals surface area (Å²) in [7, 11) is 0. The Labute approximate surface area is 161 Å². The zero-order chi connectivity index (χ0) is 19.1. The van der Waals surface area contributed by atoms with Crippen molar-refractivity contribution in [3.63, 3.8) is 0 Å². The van der Waals surface area contributed by atoms with Crippen molar-refractivity contribution in [3.05, 3.63) is 46.2 Å². The lowest BCUT2D eigenvalue weighted by atomic mass is 9.94. The minimum atomic E-state index is -0.521. The molecule has 3 rings (SSSR count). The van der Waals surface area contributed by atoms with Crippen molar-refractivity contribution in [1.29, 1.82) is 5.26 Å². The van der Waals surface area contributed by atoms with Crippen LogP contribution in [0.5, 0.6) is 5.75 Å². The van der Waals surface area contributed by atoms with Gasteiger partial charge < -0.3 is 14.4 Å². The van der Waals surface area contributed by atoms with Gasteiger partial charge in [0.05, 0.1) is 28.6 Å². The first-order valence-electron chi connectivity index (χ1n) is 8.77. The molecule has 0 aliphatic carbocycles. The van der Waals surface area contributed by atoms with Crippen LogP contribution >= 0.6 is 11.3 Å². The van der Waals surface area contributed by atoms with Gasteiger partial charge in [-0.2, -0.15) is 5.26 Å². The molecule has 2 aromatic rings. The highest BCUT2D eigenvalue weighted by atomic mass is 32.1. The molecule has 0 bridgehead atoms. The maximum Gasteiger partial charge on any atom is 0.410 e. The lowest BCUT2D eigenvalue weighted by Gasteiger charge is -2.31. The summed E-state index contributed by atoms with van der Waals surface area (Å²) >= 11 is 1.46. The maximum atomic E-state index is 13.8. The van der Waals surface area contributed by atoms with E-state index in [9.17, 15) is 9.18 Å². The third-order valence-electron chi connectivity index (χ3n) is 4.54. The Morgan fingerprint density at radius 1 is 1.41 bits per heavy atom. The summed E-state index contributed by atoms with van der Waals surface area (Å²) in [5, 5.41) is 8.74. The zero-order valence-corrected chi connectivity index (χ0v) is 15.6. The molecule has 0 spiro atoms. The topological polar surface area (TPSA) is 75.5 Å². The number of carbonyl (C=O) groups excluding carboxylic acids is 1. The predicted molar refractivity (Wildman–Crippen MR) is 97.8 cm³/mol. The van der Waals surface area contributed by atoms with Crippen molar-refractivity contribution in [2.45, 2.75) is 25.9 Å². The molecule has 1 saturated heterocycles. The minimum absolute atomic E-state index is 0.165. The van der Waals surface area contributed by atoms with Crippen molar-refractivity contribution in [2.75, 3.05) is 19.7 Å². The van der Waals surface area contributed by atoms with E-state index in [1.165, 1.54) is 29.5 Å². The van der Waals surface area contributed by atoms with Crippen LogP contribution in [-0.4, -0.2) is 35.7 Å². The molecule has 2 heterocycles. The summed E-state index contributed by atoms with van der Waals surface area (Å²) in [5.41, 5.74) is 1.98. The molecule has 27 heavy (non-hydrogen) atoms. The van der Waals surface area contributed by atoms with E-state index in [-0.39, 0.29) is 24.0 Å². The first-order chi connectivity index (χ1) is 13.2. The average Bonchev–Trinajstić information content (AvgIpc) is 3.21. The van der Waals surface area contributed by atoms with Crippen LogP contribution in [0.4, 0.5) is 9.18 Å². The molecular formula is C19H20FN3O3S. The van der Waals surface area contributed by atoms with Gasteiger partial charge in [0, 0.05) is 19.3 Å². The molecule has 1 aromatic carbocycles. The second-order valence-electron chi connectivity index (χ2n) is 6.35. The quantitative estimate of drug-likeness (QED) is 0.747. The second-order valence-corrected chi connectivity index (χ2v) is 7.32. The van der Waals surface area contributed by atoms with E-state index in [4.69, 9.17) is 14.7 Å². The Kier molecular flexibility index (Phi) is 6.60. The van der Waals surface area contributed by atoms with E-state index in [1.807, 2.05) is 6.07 Å². The number of aromatic nitrogens is 1. The van der Waals surface area contributed by atoms with Crippen LogP contribution in [0.2, 0.25) is 0 Å². The minimum Gasteiger partial charge on any atom is -0.491 e. The molecular weight excluding hydrogens is 369 g/mol. The van der Waals surface area contributed by atoms with Crippen LogP contribution in [0, 0.1) is 23.1 Å². The first kappa shape index (κ1) is 19.1. The van der Waals surface area contributed by atoms with Crippen molar-refractivity contribution in [1.82, 2.24) is 9.88 Å². The Hall–Kier alpha value is -2.66. The lowest BCUT2D eigenvalue weighted by Crippen LogP contribution is -2.39. The number of hydrogen-bond acceptors (Lipinski definition) is 6. The highest BCUT2D eigenvalue weighted by Gasteiger charge is 2.24. The first-order valence-corrected chi connectivity index (χ1v) is 9.65. The fourth-order valence-electron chi connectivity index (χ4n) is 2.96. The Balaban J connectivity index is 1.36. The molecule has 0 unspecified atom stereocenters. The van der Waals surface area contributed by atoms with Gasteiger partial charge in [0.2, 0.25) is 0 Å². The number of hydrogen-bond donors (Lipinski definition) is 0.